The Morgan fingerprint density at radius 1 is 1.33 bits per heavy atom. The molecule has 2 fully saturated rings. The van der Waals surface area contributed by atoms with Gasteiger partial charge in [0, 0.05) is 17.6 Å². The van der Waals surface area contributed by atoms with Crippen LogP contribution in [0, 0.1) is 0 Å². The molecule has 0 spiro atoms. The monoisotopic (exact) mass is 429 g/mol. The summed E-state index contributed by atoms with van der Waals surface area (Å²) in [5.74, 6) is 2.70. The number of cyclic esters (lactones) is 1. The van der Waals surface area contributed by atoms with Gasteiger partial charge in [0.25, 0.3) is 5.91 Å². The minimum atomic E-state index is -0.448. The fraction of sp³-hybridized carbons (Fsp3) is 0.381. The topological polar surface area (TPSA) is 90.0 Å². The molecular formula is C21H23N3O5S. The molecule has 0 saturated carbocycles. The Labute approximate surface area is 178 Å². The molecule has 3 heterocycles. The zero-order valence-electron chi connectivity index (χ0n) is 16.6. The summed E-state index contributed by atoms with van der Waals surface area (Å²) in [7, 11) is 1.59. The number of pyridine rings is 1. The minimum Gasteiger partial charge on any atom is -0.497 e. The number of benzene rings is 1. The summed E-state index contributed by atoms with van der Waals surface area (Å²) >= 11 is 1.83. The summed E-state index contributed by atoms with van der Waals surface area (Å²) in [4.78, 5) is 30.7. The molecule has 2 aliphatic heterocycles. The van der Waals surface area contributed by atoms with Gasteiger partial charge in [0.05, 0.1) is 20.2 Å². The van der Waals surface area contributed by atoms with E-state index in [2.05, 4.69) is 10.3 Å². The van der Waals surface area contributed by atoms with Gasteiger partial charge in [0.2, 0.25) is 5.88 Å². The van der Waals surface area contributed by atoms with E-state index >= 15 is 0 Å². The van der Waals surface area contributed by atoms with Crippen molar-refractivity contribution in [3.63, 3.8) is 0 Å². The summed E-state index contributed by atoms with van der Waals surface area (Å²) in [6.45, 7) is 0.548. The maximum absolute atomic E-state index is 12.7. The fourth-order valence-electron chi connectivity index (χ4n) is 3.32. The van der Waals surface area contributed by atoms with Crippen LogP contribution in [-0.2, 0) is 4.74 Å². The van der Waals surface area contributed by atoms with Gasteiger partial charge < -0.3 is 19.5 Å². The average Bonchev–Trinajstić information content (AvgIpc) is 3.42. The first-order chi connectivity index (χ1) is 14.6. The molecule has 0 bridgehead atoms. The quantitative estimate of drug-likeness (QED) is 0.724. The van der Waals surface area contributed by atoms with Crippen molar-refractivity contribution < 1.29 is 23.8 Å². The van der Waals surface area contributed by atoms with Crippen LogP contribution in [0.4, 0.5) is 10.5 Å². The van der Waals surface area contributed by atoms with Crippen LogP contribution in [0.5, 0.6) is 11.6 Å². The van der Waals surface area contributed by atoms with Crippen molar-refractivity contribution in [2.75, 3.05) is 36.6 Å². The lowest BCUT2D eigenvalue weighted by atomic mass is 10.2. The standard InChI is InChI=1S/C21H23N3O5S/c1-27-15-6-4-14(5-7-15)24-12-17(29-21(24)26)11-23-19(25)18-3-2-9-22-20(18)28-16-8-10-30-13-16/h2-7,9,16-17H,8,10-13H2,1H3,(H,23,25). The van der Waals surface area contributed by atoms with Crippen molar-refractivity contribution >= 4 is 29.4 Å². The van der Waals surface area contributed by atoms with E-state index in [0.29, 0.717) is 29.4 Å². The molecule has 30 heavy (non-hydrogen) atoms. The van der Waals surface area contributed by atoms with Crippen LogP contribution in [0.1, 0.15) is 16.8 Å². The highest BCUT2D eigenvalue weighted by Gasteiger charge is 2.33. The van der Waals surface area contributed by atoms with E-state index in [-0.39, 0.29) is 18.6 Å². The number of nitrogens with one attached hydrogen (secondary N) is 1. The molecule has 2 aliphatic rings. The zero-order valence-corrected chi connectivity index (χ0v) is 17.4. The third-order valence-corrected chi connectivity index (χ3v) is 6.06. The van der Waals surface area contributed by atoms with Crippen LogP contribution in [-0.4, -0.2) is 60.9 Å². The molecule has 1 aromatic heterocycles. The normalized spacial score (nSPS) is 20.7. The third kappa shape index (κ3) is 4.62. The van der Waals surface area contributed by atoms with Crippen molar-refractivity contribution in [1.29, 1.82) is 0 Å². The largest absolute Gasteiger partial charge is 0.497 e. The molecule has 2 aromatic rings. The number of methoxy groups -OCH3 is 1. The summed E-state index contributed by atoms with van der Waals surface area (Å²) in [6.07, 6.45) is 1.74. The third-order valence-electron chi connectivity index (χ3n) is 4.93. The Morgan fingerprint density at radius 2 is 2.17 bits per heavy atom. The van der Waals surface area contributed by atoms with E-state index < -0.39 is 12.2 Å². The number of thioether (sulfide) groups is 1. The number of anilines is 1. The van der Waals surface area contributed by atoms with Crippen LogP contribution >= 0.6 is 11.8 Å². The summed E-state index contributed by atoms with van der Waals surface area (Å²) in [5, 5.41) is 2.83. The van der Waals surface area contributed by atoms with Gasteiger partial charge >= 0.3 is 6.09 Å². The molecule has 1 N–H and O–H groups in total. The maximum Gasteiger partial charge on any atom is 0.414 e. The number of rotatable bonds is 7. The second-order valence-corrected chi connectivity index (χ2v) is 8.13. The number of hydrogen-bond acceptors (Lipinski definition) is 7. The Bertz CT molecular complexity index is 902. The second-order valence-electron chi connectivity index (χ2n) is 6.98. The molecule has 9 heteroatoms. The highest BCUT2D eigenvalue weighted by atomic mass is 32.2. The molecule has 2 unspecified atom stereocenters. The van der Waals surface area contributed by atoms with Crippen LogP contribution < -0.4 is 19.7 Å². The number of nitrogens with zero attached hydrogens (tertiary/aromatic N) is 2. The number of carbonyl (C=O) groups is 2. The first-order valence-corrected chi connectivity index (χ1v) is 10.9. The minimum absolute atomic E-state index is 0.0743. The van der Waals surface area contributed by atoms with Crippen LogP contribution in [0.3, 0.4) is 0 Å². The summed E-state index contributed by atoms with van der Waals surface area (Å²) in [5.41, 5.74) is 1.10. The van der Waals surface area contributed by atoms with Crippen molar-refractivity contribution in [3.8, 4) is 11.6 Å². The second kappa shape index (κ2) is 9.25. The Hall–Kier alpha value is -2.94. The molecule has 2 amide bonds. The zero-order chi connectivity index (χ0) is 20.9. The van der Waals surface area contributed by atoms with E-state index in [1.165, 1.54) is 4.90 Å². The van der Waals surface area contributed by atoms with Gasteiger partial charge in [-0.15, -0.1) is 0 Å². The van der Waals surface area contributed by atoms with Crippen LogP contribution in [0.25, 0.3) is 0 Å². The van der Waals surface area contributed by atoms with Gasteiger partial charge in [-0.25, -0.2) is 9.78 Å². The Morgan fingerprint density at radius 3 is 2.90 bits per heavy atom. The SMILES string of the molecule is COc1ccc(N2CC(CNC(=O)c3cccnc3OC3CCSC3)OC2=O)cc1. The average molecular weight is 429 g/mol. The first-order valence-electron chi connectivity index (χ1n) is 9.74. The number of hydrogen-bond donors (Lipinski definition) is 1. The van der Waals surface area contributed by atoms with Crippen LogP contribution in [0.15, 0.2) is 42.6 Å². The van der Waals surface area contributed by atoms with Gasteiger partial charge in [-0.3, -0.25) is 9.69 Å². The number of amides is 2. The summed E-state index contributed by atoms with van der Waals surface area (Å²) in [6, 6.07) is 10.5. The number of ether oxygens (including phenoxy) is 3. The summed E-state index contributed by atoms with van der Waals surface area (Å²) < 4.78 is 16.5. The van der Waals surface area contributed by atoms with E-state index in [1.807, 2.05) is 11.8 Å². The maximum atomic E-state index is 12.7. The van der Waals surface area contributed by atoms with Crippen LogP contribution in [0.2, 0.25) is 0 Å². The first kappa shape index (κ1) is 20.3. The lowest BCUT2D eigenvalue weighted by molar-refractivity contribution is 0.0908. The van der Waals surface area contributed by atoms with Gasteiger partial charge in [-0.05, 0) is 48.6 Å². The molecule has 8 nitrogen and oxygen atoms in total. The van der Waals surface area contributed by atoms with Gasteiger partial charge in [-0.1, -0.05) is 0 Å². The van der Waals surface area contributed by atoms with Crippen molar-refractivity contribution in [2.45, 2.75) is 18.6 Å². The lowest BCUT2D eigenvalue weighted by Gasteiger charge is -2.15. The van der Waals surface area contributed by atoms with Gasteiger partial charge in [-0.2, -0.15) is 11.8 Å². The highest BCUT2D eigenvalue weighted by Crippen LogP contribution is 2.25. The van der Waals surface area contributed by atoms with Gasteiger partial charge in [0.15, 0.2) is 0 Å². The smallest absolute Gasteiger partial charge is 0.414 e. The molecule has 2 saturated heterocycles. The predicted molar refractivity (Wildman–Crippen MR) is 114 cm³/mol. The van der Waals surface area contributed by atoms with Crippen molar-refractivity contribution in [2.24, 2.45) is 0 Å². The van der Waals surface area contributed by atoms with E-state index in [0.717, 1.165) is 17.9 Å². The van der Waals surface area contributed by atoms with E-state index in [4.69, 9.17) is 14.2 Å². The molecule has 0 radical (unpaired) electrons. The molecule has 1 aromatic carbocycles. The molecule has 4 rings (SSSR count). The molecule has 158 valence electrons. The molecular weight excluding hydrogens is 406 g/mol. The number of aromatic nitrogens is 1. The van der Waals surface area contributed by atoms with E-state index in [9.17, 15) is 9.59 Å². The highest BCUT2D eigenvalue weighted by molar-refractivity contribution is 7.99. The lowest BCUT2D eigenvalue weighted by Crippen LogP contribution is -2.35. The Kier molecular flexibility index (Phi) is 6.27. The van der Waals surface area contributed by atoms with Gasteiger partial charge in [0.1, 0.15) is 23.5 Å². The number of carbonyl (C=O) groups excluding carboxylic acids is 2. The van der Waals surface area contributed by atoms with Crippen molar-refractivity contribution in [1.82, 2.24) is 10.3 Å². The van der Waals surface area contributed by atoms with E-state index in [1.54, 1.807) is 49.7 Å². The Balaban J connectivity index is 1.34. The van der Waals surface area contributed by atoms with Crippen molar-refractivity contribution in [3.05, 3.63) is 48.2 Å². The predicted octanol–water partition coefficient (Wildman–Crippen LogP) is 2.73. The molecule has 2 atom stereocenters. The fourth-order valence-corrected chi connectivity index (χ4v) is 4.42. The molecule has 0 aliphatic carbocycles.